The summed E-state index contributed by atoms with van der Waals surface area (Å²) < 4.78 is 25.9. The minimum absolute atomic E-state index is 0.214. The molecule has 170 valence electrons. The molecule has 0 saturated heterocycles. The Kier molecular flexibility index (Phi) is 6.45. The van der Waals surface area contributed by atoms with Gasteiger partial charge in [-0.1, -0.05) is 18.2 Å². The molecule has 2 aliphatic rings. The number of fused-ring (bicyclic) bond motifs is 1. The molecule has 4 amide bonds. The van der Waals surface area contributed by atoms with Crippen molar-refractivity contribution in [2.45, 2.75) is 11.8 Å². The second kappa shape index (κ2) is 9.45. The van der Waals surface area contributed by atoms with Crippen LogP contribution in [-0.4, -0.2) is 59.0 Å². The molecule has 1 N–H and O–H groups in total. The van der Waals surface area contributed by atoms with Crippen molar-refractivity contribution >= 4 is 41.0 Å². The smallest absolute Gasteiger partial charge is 0.497 e. The molecule has 0 saturated carbocycles. The number of halogens is 1. The first-order valence-corrected chi connectivity index (χ1v) is 10.9. The molecule has 1 atom stereocenters. The SMILES string of the molecule is COc1ccc(NC(=O)C[N+]2=C3C=CSC3C(=O)N(Cc3ccccc3F)C2=O)c(OC)c1. The van der Waals surface area contributed by atoms with E-state index in [4.69, 9.17) is 9.47 Å². The summed E-state index contributed by atoms with van der Waals surface area (Å²) in [4.78, 5) is 40.0. The van der Waals surface area contributed by atoms with E-state index in [1.165, 1.54) is 48.8 Å². The van der Waals surface area contributed by atoms with E-state index >= 15 is 0 Å². The highest BCUT2D eigenvalue weighted by Gasteiger charge is 2.49. The van der Waals surface area contributed by atoms with Crippen LogP contribution in [0, 0.1) is 5.82 Å². The van der Waals surface area contributed by atoms with Gasteiger partial charge in [-0.05, 0) is 29.7 Å². The lowest BCUT2D eigenvalue weighted by atomic mass is 10.1. The van der Waals surface area contributed by atoms with E-state index in [2.05, 4.69) is 5.32 Å². The van der Waals surface area contributed by atoms with Crippen molar-refractivity contribution in [3.05, 3.63) is 65.3 Å². The summed E-state index contributed by atoms with van der Waals surface area (Å²) in [6.45, 7) is -0.551. The fourth-order valence-corrected chi connectivity index (χ4v) is 4.55. The van der Waals surface area contributed by atoms with Gasteiger partial charge in [-0.3, -0.25) is 4.79 Å². The summed E-state index contributed by atoms with van der Waals surface area (Å²) in [5, 5.41) is 3.76. The minimum atomic E-state index is -0.682. The van der Waals surface area contributed by atoms with Crippen LogP contribution in [0.1, 0.15) is 5.56 Å². The van der Waals surface area contributed by atoms with Crippen LogP contribution in [0.15, 0.2) is 53.9 Å². The predicted molar refractivity (Wildman–Crippen MR) is 121 cm³/mol. The molecular formula is C23H21FN3O5S+. The molecule has 0 spiro atoms. The maximum Gasteiger partial charge on any atom is 0.501 e. The number of thioether (sulfide) groups is 1. The number of urea groups is 1. The van der Waals surface area contributed by atoms with E-state index in [1.807, 2.05) is 0 Å². The fourth-order valence-electron chi connectivity index (χ4n) is 3.59. The number of hydrogen-bond acceptors (Lipinski definition) is 6. The van der Waals surface area contributed by atoms with Gasteiger partial charge < -0.3 is 14.8 Å². The first-order valence-electron chi connectivity index (χ1n) is 10.00. The number of carbonyl (C=O) groups is 3. The van der Waals surface area contributed by atoms with Crippen LogP contribution in [0.3, 0.4) is 0 Å². The summed E-state index contributed by atoms with van der Waals surface area (Å²) >= 11 is 1.24. The number of nitrogens with one attached hydrogen (secondary N) is 1. The van der Waals surface area contributed by atoms with Crippen LogP contribution in [-0.2, 0) is 16.1 Å². The molecule has 2 aromatic carbocycles. The summed E-state index contributed by atoms with van der Waals surface area (Å²) in [6, 6.07) is 10.2. The van der Waals surface area contributed by atoms with Crippen LogP contribution in [0.5, 0.6) is 11.5 Å². The molecule has 1 unspecified atom stereocenters. The first-order chi connectivity index (χ1) is 15.9. The van der Waals surface area contributed by atoms with Gasteiger partial charge in [0.1, 0.15) is 29.6 Å². The highest BCUT2D eigenvalue weighted by atomic mass is 32.2. The van der Waals surface area contributed by atoms with Crippen molar-refractivity contribution in [3.8, 4) is 11.5 Å². The number of rotatable bonds is 7. The lowest BCUT2D eigenvalue weighted by molar-refractivity contribution is -0.426. The highest BCUT2D eigenvalue weighted by Crippen LogP contribution is 2.30. The standard InChI is InChI=1S/C23H20FN3O5S/c1-31-15-7-8-17(19(11-15)32-2)25-20(28)13-26-18-9-10-33-21(18)22(29)27(23(26)30)12-14-5-3-4-6-16(14)24/h3-11,21H,12-13H2,1-2H3/p+1. The van der Waals surface area contributed by atoms with E-state index in [9.17, 15) is 18.8 Å². The Morgan fingerprint density at radius 1 is 1.18 bits per heavy atom. The Labute approximate surface area is 193 Å². The van der Waals surface area contributed by atoms with Crippen LogP contribution in [0.4, 0.5) is 14.9 Å². The van der Waals surface area contributed by atoms with Gasteiger partial charge >= 0.3 is 11.9 Å². The second-order valence-corrected chi connectivity index (χ2v) is 8.26. The molecule has 2 aromatic rings. The van der Waals surface area contributed by atoms with Crippen molar-refractivity contribution in [3.63, 3.8) is 0 Å². The summed E-state index contributed by atoms with van der Waals surface area (Å²) in [5.74, 6) is -0.484. The Morgan fingerprint density at radius 2 is 1.97 bits per heavy atom. The highest BCUT2D eigenvalue weighted by molar-refractivity contribution is 8.04. The number of allylic oxidation sites excluding steroid dienone is 1. The molecular weight excluding hydrogens is 449 g/mol. The average Bonchev–Trinajstić information content (AvgIpc) is 3.31. The summed E-state index contributed by atoms with van der Waals surface area (Å²) in [5.41, 5.74) is 1.05. The number of benzene rings is 2. The van der Waals surface area contributed by atoms with Gasteiger partial charge in [-0.15, -0.1) is 11.8 Å². The van der Waals surface area contributed by atoms with Crippen molar-refractivity contribution < 1.29 is 32.8 Å². The first kappa shape index (κ1) is 22.5. The summed E-state index contributed by atoms with van der Waals surface area (Å²) in [6.07, 6.45) is 1.65. The quantitative estimate of drug-likeness (QED) is 0.626. The topological polar surface area (TPSA) is 88.0 Å². The van der Waals surface area contributed by atoms with Crippen molar-refractivity contribution in [2.75, 3.05) is 26.1 Å². The lowest BCUT2D eigenvalue weighted by Gasteiger charge is -2.24. The molecule has 0 radical (unpaired) electrons. The van der Waals surface area contributed by atoms with Crippen molar-refractivity contribution in [1.82, 2.24) is 4.90 Å². The van der Waals surface area contributed by atoms with E-state index < -0.39 is 28.9 Å². The lowest BCUT2D eigenvalue weighted by Crippen LogP contribution is -2.55. The van der Waals surface area contributed by atoms with Crippen molar-refractivity contribution in [2.24, 2.45) is 0 Å². The van der Waals surface area contributed by atoms with Crippen LogP contribution in [0.2, 0.25) is 0 Å². The predicted octanol–water partition coefficient (Wildman–Crippen LogP) is 3.03. The normalized spacial score (nSPS) is 17.3. The number of amides is 4. The number of anilines is 1. The maximum atomic E-state index is 14.2. The van der Waals surface area contributed by atoms with Gasteiger partial charge in [0.15, 0.2) is 11.8 Å². The fraction of sp³-hybridized carbons (Fsp3) is 0.217. The molecule has 33 heavy (non-hydrogen) atoms. The molecule has 10 heteroatoms. The zero-order valence-corrected chi connectivity index (χ0v) is 18.7. The molecule has 8 nitrogen and oxygen atoms in total. The third kappa shape index (κ3) is 4.47. The Morgan fingerprint density at radius 3 is 2.70 bits per heavy atom. The van der Waals surface area contributed by atoms with Gasteiger partial charge in [-0.2, -0.15) is 14.3 Å². The van der Waals surface area contributed by atoms with Crippen LogP contribution in [0.25, 0.3) is 0 Å². The Balaban J connectivity index is 1.58. The van der Waals surface area contributed by atoms with Gasteiger partial charge in [0.05, 0.1) is 19.9 Å². The van der Waals surface area contributed by atoms with Crippen molar-refractivity contribution in [1.29, 1.82) is 0 Å². The Bertz CT molecular complexity index is 1200. The van der Waals surface area contributed by atoms with Gasteiger partial charge in [0.2, 0.25) is 0 Å². The monoisotopic (exact) mass is 470 g/mol. The van der Waals surface area contributed by atoms with E-state index in [-0.39, 0.29) is 18.7 Å². The molecule has 0 aliphatic carbocycles. The molecule has 0 aromatic heterocycles. The molecule has 2 aliphatic heterocycles. The van der Waals surface area contributed by atoms with Gasteiger partial charge in [-0.25, -0.2) is 9.18 Å². The van der Waals surface area contributed by atoms with Crippen LogP contribution < -0.4 is 14.8 Å². The number of ether oxygens (including phenoxy) is 2. The van der Waals surface area contributed by atoms with E-state index in [1.54, 1.807) is 35.7 Å². The largest absolute Gasteiger partial charge is 0.501 e. The average molecular weight is 471 g/mol. The van der Waals surface area contributed by atoms with E-state index in [0.717, 1.165) is 4.90 Å². The van der Waals surface area contributed by atoms with Gasteiger partial charge in [0, 0.05) is 11.6 Å². The number of methoxy groups -OCH3 is 2. The number of nitrogens with zero attached hydrogens (tertiary/aromatic N) is 2. The minimum Gasteiger partial charge on any atom is -0.497 e. The maximum absolute atomic E-state index is 14.2. The zero-order chi connectivity index (χ0) is 23.5. The number of carbonyl (C=O) groups excluding carboxylic acids is 3. The Hall–Kier alpha value is -3.66. The van der Waals surface area contributed by atoms with E-state index in [0.29, 0.717) is 22.9 Å². The van der Waals surface area contributed by atoms with Gasteiger partial charge in [0.25, 0.3) is 5.91 Å². The molecule has 0 fully saturated rings. The molecule has 4 rings (SSSR count). The zero-order valence-electron chi connectivity index (χ0n) is 17.9. The second-order valence-electron chi connectivity index (χ2n) is 7.24. The third-order valence-electron chi connectivity index (χ3n) is 5.26. The number of hydrogen-bond donors (Lipinski definition) is 1. The van der Waals surface area contributed by atoms with Crippen LogP contribution >= 0.6 is 11.8 Å². The number of imide groups is 1. The molecule has 0 bridgehead atoms. The third-order valence-corrected chi connectivity index (χ3v) is 6.27. The molecule has 2 heterocycles. The summed E-state index contributed by atoms with van der Waals surface area (Å²) in [7, 11) is 2.98.